The minimum absolute atomic E-state index is 0.402. The van der Waals surface area contributed by atoms with Gasteiger partial charge in [0.15, 0.2) is 0 Å². The molecule has 26 heavy (non-hydrogen) atoms. The summed E-state index contributed by atoms with van der Waals surface area (Å²) in [5.74, 6) is 1.39. The van der Waals surface area contributed by atoms with Gasteiger partial charge in [0.1, 0.15) is 5.82 Å². The second-order valence-corrected chi connectivity index (χ2v) is 5.90. The number of hydrogen-bond acceptors (Lipinski definition) is 6. The summed E-state index contributed by atoms with van der Waals surface area (Å²) in [5.41, 5.74) is 9.80. The summed E-state index contributed by atoms with van der Waals surface area (Å²) in [7, 11) is 1.59. The molecule has 0 unspecified atom stereocenters. The van der Waals surface area contributed by atoms with Gasteiger partial charge in [-0.15, -0.1) is 0 Å². The number of nitrogens with one attached hydrogen (secondary N) is 1. The van der Waals surface area contributed by atoms with Gasteiger partial charge in [0.05, 0.1) is 12.8 Å². The van der Waals surface area contributed by atoms with E-state index in [0.29, 0.717) is 17.6 Å². The molecule has 0 fully saturated rings. The third-order valence-corrected chi connectivity index (χ3v) is 4.05. The fourth-order valence-corrected chi connectivity index (χ4v) is 2.90. The zero-order valence-electron chi connectivity index (χ0n) is 14.5. The molecule has 0 atom stereocenters. The number of fused-ring (bicyclic) bond motifs is 1. The van der Waals surface area contributed by atoms with Crippen LogP contribution in [0.1, 0.15) is 5.69 Å². The van der Waals surface area contributed by atoms with Gasteiger partial charge >= 0.3 is 0 Å². The summed E-state index contributed by atoms with van der Waals surface area (Å²) in [6, 6.07) is 13.6. The Balaban J connectivity index is 1.91. The van der Waals surface area contributed by atoms with E-state index in [1.165, 1.54) is 0 Å². The molecule has 4 rings (SSSR count). The Bertz CT molecular complexity index is 1070. The van der Waals surface area contributed by atoms with Crippen molar-refractivity contribution in [3.8, 4) is 5.88 Å². The van der Waals surface area contributed by atoms with Gasteiger partial charge in [0.2, 0.25) is 11.8 Å². The fourth-order valence-electron chi connectivity index (χ4n) is 2.90. The van der Waals surface area contributed by atoms with Crippen LogP contribution >= 0.6 is 0 Å². The Morgan fingerprint density at radius 1 is 1.00 bits per heavy atom. The summed E-state index contributed by atoms with van der Waals surface area (Å²) >= 11 is 0. The molecular formula is C19H18N6O. The van der Waals surface area contributed by atoms with Gasteiger partial charge in [-0.3, -0.25) is 4.90 Å². The lowest BCUT2D eigenvalue weighted by Gasteiger charge is -2.23. The highest BCUT2D eigenvalue weighted by atomic mass is 16.5. The maximum atomic E-state index is 5.88. The molecule has 0 radical (unpaired) electrons. The van der Waals surface area contributed by atoms with Gasteiger partial charge in [-0.2, -0.15) is 4.98 Å². The van der Waals surface area contributed by atoms with Gasteiger partial charge in [-0.1, -0.05) is 0 Å². The van der Waals surface area contributed by atoms with Crippen molar-refractivity contribution in [2.24, 2.45) is 0 Å². The number of methoxy groups -OCH3 is 1. The standard InChI is InChI=1S/C19H18N6O/c1-12-9-13-10-14(3-4-16(13)23-12)25(19-22-8-6-17(20)24-19)15-5-7-21-18(11-15)26-2/h3-11,23H,1-2H3,(H2,20,22,24). The second-order valence-electron chi connectivity index (χ2n) is 5.90. The number of nitrogen functional groups attached to an aromatic ring is 1. The summed E-state index contributed by atoms with van der Waals surface area (Å²) in [4.78, 5) is 18.2. The average Bonchev–Trinajstić information content (AvgIpc) is 3.01. The monoisotopic (exact) mass is 346 g/mol. The van der Waals surface area contributed by atoms with Crippen LogP contribution in [0, 0.1) is 6.92 Å². The van der Waals surface area contributed by atoms with E-state index in [2.05, 4.69) is 32.1 Å². The molecule has 3 N–H and O–H groups in total. The van der Waals surface area contributed by atoms with E-state index in [4.69, 9.17) is 10.5 Å². The first-order chi connectivity index (χ1) is 12.6. The van der Waals surface area contributed by atoms with Crippen molar-refractivity contribution in [2.75, 3.05) is 17.7 Å². The van der Waals surface area contributed by atoms with Crippen molar-refractivity contribution in [1.82, 2.24) is 19.9 Å². The van der Waals surface area contributed by atoms with Crippen LogP contribution in [0.4, 0.5) is 23.1 Å². The van der Waals surface area contributed by atoms with Crippen molar-refractivity contribution >= 4 is 34.0 Å². The van der Waals surface area contributed by atoms with E-state index in [-0.39, 0.29) is 0 Å². The van der Waals surface area contributed by atoms with Crippen LogP contribution in [-0.2, 0) is 0 Å². The second kappa shape index (κ2) is 6.36. The lowest BCUT2D eigenvalue weighted by molar-refractivity contribution is 0.398. The van der Waals surface area contributed by atoms with Gasteiger partial charge in [-0.05, 0) is 43.3 Å². The van der Waals surface area contributed by atoms with Crippen molar-refractivity contribution in [2.45, 2.75) is 6.92 Å². The molecule has 0 aliphatic carbocycles. The molecule has 0 amide bonds. The number of rotatable bonds is 4. The highest BCUT2D eigenvalue weighted by Gasteiger charge is 2.17. The number of aryl methyl sites for hydroxylation is 1. The van der Waals surface area contributed by atoms with Gasteiger partial charge in [0, 0.05) is 40.7 Å². The summed E-state index contributed by atoms with van der Waals surface area (Å²) in [6.07, 6.45) is 3.33. The highest BCUT2D eigenvalue weighted by Crippen LogP contribution is 2.35. The van der Waals surface area contributed by atoms with Crippen molar-refractivity contribution in [3.05, 3.63) is 60.6 Å². The first kappa shape index (κ1) is 15.9. The smallest absolute Gasteiger partial charge is 0.236 e. The number of ether oxygens (including phenoxy) is 1. The first-order valence-electron chi connectivity index (χ1n) is 8.12. The fraction of sp³-hybridized carbons (Fsp3) is 0.105. The lowest BCUT2D eigenvalue weighted by atomic mass is 10.2. The molecule has 4 aromatic rings. The number of aromatic amines is 1. The van der Waals surface area contributed by atoms with Crippen molar-refractivity contribution in [3.63, 3.8) is 0 Å². The van der Waals surface area contributed by atoms with Crippen LogP contribution in [0.15, 0.2) is 54.9 Å². The van der Waals surface area contributed by atoms with Gasteiger partial charge < -0.3 is 15.5 Å². The number of hydrogen-bond donors (Lipinski definition) is 2. The summed E-state index contributed by atoms with van der Waals surface area (Å²) in [5, 5.41) is 1.11. The average molecular weight is 346 g/mol. The number of anilines is 4. The topological polar surface area (TPSA) is 93.0 Å². The van der Waals surface area contributed by atoms with E-state index in [1.54, 1.807) is 25.6 Å². The van der Waals surface area contributed by atoms with Crippen LogP contribution < -0.4 is 15.4 Å². The normalized spacial score (nSPS) is 10.8. The molecule has 0 saturated carbocycles. The molecule has 1 aromatic carbocycles. The van der Waals surface area contributed by atoms with E-state index in [0.717, 1.165) is 28.0 Å². The molecule has 3 aromatic heterocycles. The highest BCUT2D eigenvalue weighted by molar-refractivity contribution is 5.87. The molecule has 7 heteroatoms. The van der Waals surface area contributed by atoms with Gasteiger partial charge in [0.25, 0.3) is 0 Å². The molecule has 130 valence electrons. The summed E-state index contributed by atoms with van der Waals surface area (Å²) in [6.45, 7) is 2.03. The molecule has 0 aliphatic heterocycles. The number of aromatic nitrogens is 4. The summed E-state index contributed by atoms with van der Waals surface area (Å²) < 4.78 is 5.27. The third kappa shape index (κ3) is 2.90. The van der Waals surface area contributed by atoms with E-state index < -0.39 is 0 Å². The number of benzene rings is 1. The number of pyridine rings is 1. The molecule has 0 aliphatic rings. The Kier molecular flexibility index (Phi) is 3.89. The minimum atomic E-state index is 0.402. The predicted octanol–water partition coefficient (Wildman–Crippen LogP) is 3.72. The maximum absolute atomic E-state index is 5.88. The zero-order chi connectivity index (χ0) is 18.1. The largest absolute Gasteiger partial charge is 0.481 e. The minimum Gasteiger partial charge on any atom is -0.481 e. The van der Waals surface area contributed by atoms with Crippen LogP contribution in [0.3, 0.4) is 0 Å². The Hall–Kier alpha value is -3.61. The number of H-pyrrole nitrogens is 1. The molecule has 0 saturated heterocycles. The molecule has 7 nitrogen and oxygen atoms in total. The Morgan fingerprint density at radius 2 is 1.81 bits per heavy atom. The molecule has 3 heterocycles. The Labute approximate surface area is 150 Å². The SMILES string of the molecule is COc1cc(N(c2ccc3[nH]c(C)cc3c2)c2nccc(N)n2)ccn1. The van der Waals surface area contributed by atoms with Crippen molar-refractivity contribution in [1.29, 1.82) is 0 Å². The molecule has 0 bridgehead atoms. The molecular weight excluding hydrogens is 328 g/mol. The van der Waals surface area contributed by atoms with Crippen LogP contribution in [0.25, 0.3) is 10.9 Å². The Morgan fingerprint density at radius 3 is 2.62 bits per heavy atom. The van der Waals surface area contributed by atoms with E-state index >= 15 is 0 Å². The predicted molar refractivity (Wildman–Crippen MR) is 102 cm³/mol. The van der Waals surface area contributed by atoms with Crippen LogP contribution in [0.2, 0.25) is 0 Å². The first-order valence-corrected chi connectivity index (χ1v) is 8.12. The lowest BCUT2D eigenvalue weighted by Crippen LogP contribution is -2.14. The number of nitrogens with zero attached hydrogens (tertiary/aromatic N) is 4. The van der Waals surface area contributed by atoms with Crippen LogP contribution in [0.5, 0.6) is 5.88 Å². The molecule has 0 spiro atoms. The number of nitrogens with two attached hydrogens (primary N) is 1. The maximum Gasteiger partial charge on any atom is 0.236 e. The quantitative estimate of drug-likeness (QED) is 0.585. The zero-order valence-corrected chi connectivity index (χ0v) is 14.5. The van der Waals surface area contributed by atoms with Crippen molar-refractivity contribution < 1.29 is 4.74 Å². The van der Waals surface area contributed by atoms with E-state index in [9.17, 15) is 0 Å². The van der Waals surface area contributed by atoms with E-state index in [1.807, 2.05) is 36.1 Å². The van der Waals surface area contributed by atoms with Gasteiger partial charge in [-0.25, -0.2) is 9.97 Å². The van der Waals surface area contributed by atoms with Crippen LogP contribution in [-0.4, -0.2) is 27.0 Å². The third-order valence-electron chi connectivity index (χ3n) is 4.05.